The van der Waals surface area contributed by atoms with Crippen molar-refractivity contribution in [2.45, 2.75) is 36.9 Å². The molecule has 5 heteroatoms. The number of nitrogens with zero attached hydrogens (tertiary/aromatic N) is 2. The quantitative estimate of drug-likeness (QED) is 0.862. The number of nitrogen functional groups attached to an aromatic ring is 1. The predicted molar refractivity (Wildman–Crippen MR) is 74.3 cm³/mol. The zero-order chi connectivity index (χ0) is 12.1. The van der Waals surface area contributed by atoms with Crippen LogP contribution in [-0.4, -0.2) is 27.5 Å². The molecule has 0 spiro atoms. The Labute approximate surface area is 107 Å². The molecule has 1 saturated carbocycles. The second kappa shape index (κ2) is 5.58. The fourth-order valence-electron chi connectivity index (χ4n) is 2.37. The minimum atomic E-state index is 0.330. The van der Waals surface area contributed by atoms with Crippen molar-refractivity contribution in [2.24, 2.45) is 0 Å². The number of aromatic nitrogens is 2. The number of hydrogen-bond donors (Lipinski definition) is 2. The van der Waals surface area contributed by atoms with E-state index in [9.17, 15) is 0 Å². The fraction of sp³-hybridized carbons (Fsp3) is 0.667. The number of anilines is 2. The molecule has 0 radical (unpaired) electrons. The molecule has 3 N–H and O–H groups in total. The van der Waals surface area contributed by atoms with Crippen molar-refractivity contribution < 1.29 is 0 Å². The average molecular weight is 252 g/mol. The summed E-state index contributed by atoms with van der Waals surface area (Å²) in [6.45, 7) is 0.963. The SMILES string of the molecule is CSC1(CNc2ccnc(N)n2)CCCCC1. The molecule has 1 aliphatic carbocycles. The molecule has 17 heavy (non-hydrogen) atoms. The summed E-state index contributed by atoms with van der Waals surface area (Å²) in [6.07, 6.45) is 10.5. The minimum Gasteiger partial charge on any atom is -0.369 e. The predicted octanol–water partition coefficient (Wildman–Crippen LogP) is 2.54. The van der Waals surface area contributed by atoms with Gasteiger partial charge in [-0.05, 0) is 25.2 Å². The summed E-state index contributed by atoms with van der Waals surface area (Å²) in [5.74, 6) is 1.16. The zero-order valence-electron chi connectivity index (χ0n) is 10.3. The molecular weight excluding hydrogens is 232 g/mol. The first-order valence-electron chi connectivity index (χ1n) is 6.12. The Balaban J connectivity index is 1.95. The van der Waals surface area contributed by atoms with E-state index in [-0.39, 0.29) is 0 Å². The number of hydrogen-bond acceptors (Lipinski definition) is 5. The van der Waals surface area contributed by atoms with E-state index >= 15 is 0 Å². The molecule has 0 atom stereocenters. The van der Waals surface area contributed by atoms with E-state index in [0.717, 1.165) is 12.4 Å². The van der Waals surface area contributed by atoms with Crippen LogP contribution < -0.4 is 11.1 Å². The molecule has 1 heterocycles. The maximum atomic E-state index is 5.57. The highest BCUT2D eigenvalue weighted by Crippen LogP contribution is 2.38. The second-order valence-corrected chi connectivity index (χ2v) is 5.88. The third-order valence-corrected chi connectivity index (χ3v) is 4.88. The molecule has 2 rings (SSSR count). The summed E-state index contributed by atoms with van der Waals surface area (Å²) >= 11 is 1.98. The van der Waals surface area contributed by atoms with Crippen LogP contribution in [0.2, 0.25) is 0 Å². The molecule has 1 aromatic heterocycles. The van der Waals surface area contributed by atoms with Crippen molar-refractivity contribution in [3.05, 3.63) is 12.3 Å². The molecule has 1 aliphatic rings. The van der Waals surface area contributed by atoms with Crippen molar-refractivity contribution in [3.8, 4) is 0 Å². The van der Waals surface area contributed by atoms with Gasteiger partial charge in [0.25, 0.3) is 0 Å². The van der Waals surface area contributed by atoms with Gasteiger partial charge in [-0.15, -0.1) is 0 Å². The van der Waals surface area contributed by atoms with Gasteiger partial charge in [-0.1, -0.05) is 19.3 Å². The summed E-state index contributed by atoms with van der Waals surface area (Å²) in [5, 5.41) is 3.40. The number of nitrogens with two attached hydrogens (primary N) is 1. The lowest BCUT2D eigenvalue weighted by Gasteiger charge is -2.36. The first-order chi connectivity index (χ1) is 8.24. The third-order valence-electron chi connectivity index (χ3n) is 3.46. The monoisotopic (exact) mass is 252 g/mol. The second-order valence-electron chi connectivity index (χ2n) is 4.60. The Kier molecular flexibility index (Phi) is 4.10. The average Bonchev–Trinajstić information content (AvgIpc) is 2.38. The van der Waals surface area contributed by atoms with Gasteiger partial charge in [0.15, 0.2) is 0 Å². The summed E-state index contributed by atoms with van der Waals surface area (Å²) < 4.78 is 0.373. The Hall–Kier alpha value is -0.970. The Morgan fingerprint density at radius 3 is 2.82 bits per heavy atom. The van der Waals surface area contributed by atoms with Gasteiger partial charge >= 0.3 is 0 Å². The van der Waals surface area contributed by atoms with Gasteiger partial charge in [0.1, 0.15) is 5.82 Å². The molecule has 0 aromatic carbocycles. The molecule has 1 fully saturated rings. The lowest BCUT2D eigenvalue weighted by molar-refractivity contribution is 0.411. The highest BCUT2D eigenvalue weighted by Gasteiger charge is 2.30. The molecule has 0 amide bonds. The van der Waals surface area contributed by atoms with Gasteiger partial charge in [-0.3, -0.25) is 0 Å². The van der Waals surface area contributed by atoms with E-state index in [0.29, 0.717) is 10.7 Å². The van der Waals surface area contributed by atoms with Crippen LogP contribution in [0.15, 0.2) is 12.3 Å². The van der Waals surface area contributed by atoms with E-state index in [1.807, 2.05) is 17.8 Å². The Bertz CT molecular complexity index is 363. The van der Waals surface area contributed by atoms with Gasteiger partial charge in [0, 0.05) is 17.5 Å². The minimum absolute atomic E-state index is 0.330. The van der Waals surface area contributed by atoms with Crippen molar-refractivity contribution in [3.63, 3.8) is 0 Å². The van der Waals surface area contributed by atoms with Gasteiger partial charge in [0.05, 0.1) is 0 Å². The molecular formula is C12H20N4S. The van der Waals surface area contributed by atoms with Crippen LogP contribution in [0, 0.1) is 0 Å². The van der Waals surface area contributed by atoms with E-state index in [2.05, 4.69) is 21.5 Å². The van der Waals surface area contributed by atoms with Gasteiger partial charge < -0.3 is 11.1 Å². The Morgan fingerprint density at radius 1 is 1.41 bits per heavy atom. The van der Waals surface area contributed by atoms with E-state index in [1.54, 1.807) is 6.20 Å². The smallest absolute Gasteiger partial charge is 0.221 e. The number of thioether (sulfide) groups is 1. The van der Waals surface area contributed by atoms with Crippen molar-refractivity contribution in [2.75, 3.05) is 23.9 Å². The van der Waals surface area contributed by atoms with Crippen molar-refractivity contribution in [1.82, 2.24) is 9.97 Å². The largest absolute Gasteiger partial charge is 0.369 e. The van der Waals surface area contributed by atoms with E-state index in [1.165, 1.54) is 32.1 Å². The molecule has 0 aliphatic heterocycles. The van der Waals surface area contributed by atoms with Crippen LogP contribution >= 0.6 is 11.8 Å². The number of rotatable bonds is 4. The van der Waals surface area contributed by atoms with Crippen LogP contribution in [0.1, 0.15) is 32.1 Å². The van der Waals surface area contributed by atoms with Crippen LogP contribution in [0.5, 0.6) is 0 Å². The molecule has 94 valence electrons. The third kappa shape index (κ3) is 3.25. The normalized spacial score (nSPS) is 18.9. The lowest BCUT2D eigenvalue weighted by Crippen LogP contribution is -2.35. The molecule has 0 bridgehead atoms. The highest BCUT2D eigenvalue weighted by molar-refractivity contribution is 8.00. The standard InChI is InChI=1S/C12H20N4S/c1-17-12(6-3-2-4-7-12)9-15-10-5-8-14-11(13)16-10/h5,8H,2-4,6-7,9H2,1H3,(H3,13,14,15,16). The molecule has 4 nitrogen and oxygen atoms in total. The van der Waals surface area contributed by atoms with Gasteiger partial charge in [0.2, 0.25) is 5.95 Å². The summed E-state index contributed by atoms with van der Waals surface area (Å²) in [6, 6.07) is 1.87. The Morgan fingerprint density at radius 2 is 2.18 bits per heavy atom. The van der Waals surface area contributed by atoms with Gasteiger partial charge in [-0.25, -0.2) is 4.98 Å². The lowest BCUT2D eigenvalue weighted by atomic mass is 9.88. The first kappa shape index (κ1) is 12.5. The maximum absolute atomic E-state index is 5.57. The van der Waals surface area contributed by atoms with Crippen LogP contribution in [0.4, 0.5) is 11.8 Å². The number of nitrogens with one attached hydrogen (secondary N) is 1. The highest BCUT2D eigenvalue weighted by atomic mass is 32.2. The van der Waals surface area contributed by atoms with E-state index in [4.69, 9.17) is 5.73 Å². The molecule has 1 aromatic rings. The molecule has 0 unspecified atom stereocenters. The van der Waals surface area contributed by atoms with Gasteiger partial charge in [-0.2, -0.15) is 16.7 Å². The summed E-state index contributed by atoms with van der Waals surface area (Å²) in [5.41, 5.74) is 5.57. The first-order valence-corrected chi connectivity index (χ1v) is 7.34. The fourth-order valence-corrected chi connectivity index (χ4v) is 3.29. The summed E-state index contributed by atoms with van der Waals surface area (Å²) in [4.78, 5) is 8.06. The zero-order valence-corrected chi connectivity index (χ0v) is 11.1. The maximum Gasteiger partial charge on any atom is 0.221 e. The summed E-state index contributed by atoms with van der Waals surface area (Å²) in [7, 11) is 0. The topological polar surface area (TPSA) is 63.8 Å². The molecule has 0 saturated heterocycles. The van der Waals surface area contributed by atoms with Crippen molar-refractivity contribution >= 4 is 23.5 Å². The van der Waals surface area contributed by atoms with Crippen LogP contribution in [-0.2, 0) is 0 Å². The van der Waals surface area contributed by atoms with Crippen molar-refractivity contribution in [1.29, 1.82) is 0 Å². The van der Waals surface area contributed by atoms with E-state index < -0.39 is 0 Å². The van der Waals surface area contributed by atoms with Crippen LogP contribution in [0.3, 0.4) is 0 Å². The van der Waals surface area contributed by atoms with Crippen LogP contribution in [0.25, 0.3) is 0 Å².